The van der Waals surface area contributed by atoms with E-state index in [0.717, 1.165) is 10.8 Å². The number of aliphatic hydroxyl groups is 1. The first kappa shape index (κ1) is 8.91. The third-order valence-corrected chi connectivity index (χ3v) is 2.23. The van der Waals surface area contributed by atoms with Crippen LogP contribution in [-0.4, -0.2) is 11.4 Å². The molecule has 0 amide bonds. The second kappa shape index (κ2) is 3.60. The highest BCUT2D eigenvalue weighted by Crippen LogP contribution is 2.22. The van der Waals surface area contributed by atoms with Gasteiger partial charge in [0.25, 0.3) is 0 Å². The van der Waals surface area contributed by atoms with Crippen LogP contribution in [0.25, 0.3) is 10.8 Å². The van der Waals surface area contributed by atoms with Gasteiger partial charge >= 0.3 is 1.43 Å². The fraction of sp³-hybridized carbons (Fsp3) is 0.0833. The maximum absolute atomic E-state index is 10.4. The largest absolute Gasteiger partial charge is 1.00 e. The first-order chi connectivity index (χ1) is 6.83. The normalized spacial score (nSPS) is 12.6. The second-order valence-corrected chi connectivity index (χ2v) is 3.09. The maximum atomic E-state index is 10.4. The first-order valence-corrected chi connectivity index (χ1v) is 4.36. The van der Waals surface area contributed by atoms with E-state index in [2.05, 4.69) is 0 Å². The van der Waals surface area contributed by atoms with Crippen LogP contribution in [0.15, 0.2) is 42.5 Å². The molecule has 0 saturated heterocycles. The average Bonchev–Trinajstić information content (AvgIpc) is 2.27. The minimum atomic E-state index is -1.15. The SMILES string of the molecule is O=[C]C(O)c1cccc2ccccc12.[H+]. The van der Waals surface area contributed by atoms with Crippen LogP contribution < -0.4 is 0 Å². The number of benzene rings is 2. The van der Waals surface area contributed by atoms with Crippen LogP contribution >= 0.6 is 0 Å². The van der Waals surface area contributed by atoms with Gasteiger partial charge in [-0.1, -0.05) is 42.5 Å². The molecule has 1 unspecified atom stereocenters. The highest BCUT2D eigenvalue weighted by molar-refractivity contribution is 5.88. The molecule has 1 N–H and O–H groups in total. The van der Waals surface area contributed by atoms with Crippen molar-refractivity contribution < 1.29 is 11.3 Å². The van der Waals surface area contributed by atoms with Crippen molar-refractivity contribution in [1.82, 2.24) is 0 Å². The lowest BCUT2D eigenvalue weighted by atomic mass is 10.0. The molecule has 1 radical (unpaired) electrons. The lowest BCUT2D eigenvalue weighted by molar-refractivity contribution is 0.241. The smallest absolute Gasteiger partial charge is 0.380 e. The van der Waals surface area contributed by atoms with Crippen molar-refractivity contribution in [2.75, 3.05) is 0 Å². The number of aliphatic hydroxyl groups excluding tert-OH is 1. The molecule has 0 bridgehead atoms. The van der Waals surface area contributed by atoms with Gasteiger partial charge in [0.1, 0.15) is 6.10 Å². The van der Waals surface area contributed by atoms with Crippen LogP contribution in [0.5, 0.6) is 0 Å². The molecule has 2 aromatic rings. The van der Waals surface area contributed by atoms with Crippen LogP contribution in [0, 0.1) is 0 Å². The predicted molar refractivity (Wildman–Crippen MR) is 55.7 cm³/mol. The zero-order valence-corrected chi connectivity index (χ0v) is 7.47. The van der Waals surface area contributed by atoms with Gasteiger partial charge in [0, 0.05) is 0 Å². The van der Waals surface area contributed by atoms with Crippen LogP contribution in [-0.2, 0) is 4.79 Å². The minimum absolute atomic E-state index is 0. The monoisotopic (exact) mass is 186 g/mol. The van der Waals surface area contributed by atoms with Crippen molar-refractivity contribution in [2.24, 2.45) is 0 Å². The van der Waals surface area contributed by atoms with E-state index in [1.165, 1.54) is 0 Å². The lowest BCUT2D eigenvalue weighted by Crippen LogP contribution is -1.98. The van der Waals surface area contributed by atoms with Crippen LogP contribution in [0.3, 0.4) is 0 Å². The van der Waals surface area contributed by atoms with Gasteiger partial charge < -0.3 is 5.11 Å². The van der Waals surface area contributed by atoms with Gasteiger partial charge in [-0.3, -0.25) is 4.79 Å². The van der Waals surface area contributed by atoms with Crippen molar-refractivity contribution in [2.45, 2.75) is 6.10 Å². The Kier molecular flexibility index (Phi) is 2.29. The lowest BCUT2D eigenvalue weighted by Gasteiger charge is -2.06. The van der Waals surface area contributed by atoms with E-state index in [-0.39, 0.29) is 1.43 Å². The van der Waals surface area contributed by atoms with Gasteiger partial charge in [0.05, 0.1) is 0 Å². The van der Waals surface area contributed by atoms with Gasteiger partial charge in [-0.15, -0.1) is 0 Å². The average molecular weight is 186 g/mol. The molecule has 0 fully saturated rings. The maximum Gasteiger partial charge on any atom is 1.00 e. The Balaban J connectivity index is 0.00000112. The summed E-state index contributed by atoms with van der Waals surface area (Å²) in [6.07, 6.45) is 0.427. The van der Waals surface area contributed by atoms with Gasteiger partial charge in [0.2, 0.25) is 6.29 Å². The third-order valence-electron chi connectivity index (χ3n) is 2.23. The van der Waals surface area contributed by atoms with E-state index < -0.39 is 6.10 Å². The quantitative estimate of drug-likeness (QED) is 0.779. The predicted octanol–water partition coefficient (Wildman–Crippen LogP) is 2.10. The molecule has 0 aliphatic carbocycles. The summed E-state index contributed by atoms with van der Waals surface area (Å²) < 4.78 is 0. The Labute approximate surface area is 83.3 Å². The molecular formula is C12H10O2+. The molecule has 2 rings (SSSR count). The van der Waals surface area contributed by atoms with Crippen molar-refractivity contribution in [1.29, 1.82) is 0 Å². The molecule has 0 heterocycles. The Morgan fingerprint density at radius 3 is 2.64 bits per heavy atom. The van der Waals surface area contributed by atoms with Gasteiger partial charge in [-0.05, 0) is 16.3 Å². The number of rotatable bonds is 2. The zero-order chi connectivity index (χ0) is 9.97. The fourth-order valence-corrected chi connectivity index (χ4v) is 1.55. The summed E-state index contributed by atoms with van der Waals surface area (Å²) >= 11 is 0. The molecular weight excluding hydrogens is 176 g/mol. The molecule has 2 nitrogen and oxygen atoms in total. The van der Waals surface area contributed by atoms with E-state index in [1.807, 2.05) is 36.4 Å². The molecule has 0 aromatic heterocycles. The Bertz CT molecular complexity index is 463. The Morgan fingerprint density at radius 1 is 1.14 bits per heavy atom. The Hall–Kier alpha value is -1.67. The van der Waals surface area contributed by atoms with Gasteiger partial charge in [-0.2, -0.15) is 0 Å². The van der Waals surface area contributed by atoms with Gasteiger partial charge in [-0.25, -0.2) is 0 Å². The van der Waals surface area contributed by atoms with E-state index in [4.69, 9.17) is 0 Å². The molecule has 0 aliphatic heterocycles. The standard InChI is InChI=1S/C12H9O2/c13-8-12(14)11-7-3-5-9-4-1-2-6-10(9)11/h1-7,12,14H/p+1. The van der Waals surface area contributed by atoms with Crippen molar-refractivity contribution in [3.63, 3.8) is 0 Å². The topological polar surface area (TPSA) is 37.3 Å². The van der Waals surface area contributed by atoms with E-state index >= 15 is 0 Å². The molecule has 0 aliphatic rings. The molecule has 0 saturated carbocycles. The zero-order valence-electron chi connectivity index (χ0n) is 8.47. The summed E-state index contributed by atoms with van der Waals surface area (Å²) in [4.78, 5) is 10.4. The van der Waals surface area contributed by atoms with Crippen molar-refractivity contribution >= 4 is 17.1 Å². The molecule has 1 atom stereocenters. The van der Waals surface area contributed by atoms with Crippen LogP contribution in [0.4, 0.5) is 0 Å². The Morgan fingerprint density at radius 2 is 1.86 bits per heavy atom. The molecule has 2 aromatic carbocycles. The van der Waals surface area contributed by atoms with E-state index in [0.29, 0.717) is 5.56 Å². The third kappa shape index (κ3) is 1.40. The van der Waals surface area contributed by atoms with Crippen LogP contribution in [0.1, 0.15) is 13.1 Å². The van der Waals surface area contributed by atoms with Crippen molar-refractivity contribution in [3.8, 4) is 0 Å². The second-order valence-electron chi connectivity index (χ2n) is 3.09. The molecule has 69 valence electrons. The number of hydrogen-bond donors (Lipinski definition) is 1. The first-order valence-electron chi connectivity index (χ1n) is 4.36. The molecule has 14 heavy (non-hydrogen) atoms. The van der Waals surface area contributed by atoms with Gasteiger partial charge in [0.15, 0.2) is 0 Å². The summed E-state index contributed by atoms with van der Waals surface area (Å²) in [6, 6.07) is 13.1. The summed E-state index contributed by atoms with van der Waals surface area (Å²) in [5.74, 6) is 0. The summed E-state index contributed by atoms with van der Waals surface area (Å²) in [5.41, 5.74) is 0.609. The van der Waals surface area contributed by atoms with E-state index in [1.54, 1.807) is 12.4 Å². The highest BCUT2D eigenvalue weighted by atomic mass is 16.3. The fourth-order valence-electron chi connectivity index (χ4n) is 1.55. The van der Waals surface area contributed by atoms with Crippen molar-refractivity contribution in [3.05, 3.63) is 48.0 Å². The number of hydrogen-bond acceptors (Lipinski definition) is 2. The highest BCUT2D eigenvalue weighted by Gasteiger charge is 2.09. The minimum Gasteiger partial charge on any atom is -0.380 e. The van der Waals surface area contributed by atoms with Crippen LogP contribution in [0.2, 0.25) is 0 Å². The number of fused-ring (bicyclic) bond motifs is 1. The summed E-state index contributed by atoms with van der Waals surface area (Å²) in [7, 11) is 0. The summed E-state index contributed by atoms with van der Waals surface area (Å²) in [5, 5.41) is 11.3. The molecule has 0 spiro atoms. The number of carbonyl (C=O) groups excluding carboxylic acids is 1. The molecule has 2 heteroatoms. The van der Waals surface area contributed by atoms with E-state index in [9.17, 15) is 9.90 Å². The summed E-state index contributed by atoms with van der Waals surface area (Å²) in [6.45, 7) is 0.